The minimum absolute atomic E-state index is 0.411. The zero-order chi connectivity index (χ0) is 8.85. The van der Waals surface area contributed by atoms with Gasteiger partial charge in [0.2, 0.25) is 5.76 Å². The first-order valence-corrected chi connectivity index (χ1v) is 2.39. The predicted octanol–water partition coefficient (Wildman–Crippen LogP) is -0.328. The van der Waals surface area contributed by atoms with E-state index < -0.39 is 17.7 Å². The highest BCUT2D eigenvalue weighted by Gasteiger charge is 2.03. The summed E-state index contributed by atoms with van der Waals surface area (Å²) in [6, 6.07) is 0. The van der Waals surface area contributed by atoms with Crippen molar-refractivity contribution in [3.63, 3.8) is 0 Å². The highest BCUT2D eigenvalue weighted by atomic mass is 16.6. The third kappa shape index (κ3) is 4.64. The van der Waals surface area contributed by atoms with Crippen LogP contribution >= 0.6 is 0 Å². The first kappa shape index (κ1) is 9.15. The van der Waals surface area contributed by atoms with E-state index in [9.17, 15) is 9.59 Å². The van der Waals surface area contributed by atoms with E-state index in [4.69, 9.17) is 10.2 Å². The molecule has 0 aromatic rings. The fourth-order valence-corrected chi connectivity index (χ4v) is 0.174. The number of carboxylic acids is 2. The molecule has 60 valence electrons. The summed E-state index contributed by atoms with van der Waals surface area (Å²) in [6.45, 7) is 2.92. The SMILES string of the molecule is C=C(ON=CC(=O)O)C(=O)O. The highest BCUT2D eigenvalue weighted by Crippen LogP contribution is 1.91. The summed E-state index contributed by atoms with van der Waals surface area (Å²) in [4.78, 5) is 23.7. The fourth-order valence-electron chi connectivity index (χ4n) is 0.174. The summed E-state index contributed by atoms with van der Waals surface area (Å²) in [5, 5.41) is 18.8. The maximum absolute atomic E-state index is 9.93. The lowest BCUT2D eigenvalue weighted by Crippen LogP contribution is -2.01. The Balaban J connectivity index is 3.80. The average molecular weight is 159 g/mol. The van der Waals surface area contributed by atoms with Crippen LogP contribution in [0.15, 0.2) is 17.5 Å². The lowest BCUT2D eigenvalue weighted by atomic mass is 10.6. The van der Waals surface area contributed by atoms with Gasteiger partial charge >= 0.3 is 11.9 Å². The summed E-state index contributed by atoms with van der Waals surface area (Å²) in [5.41, 5.74) is 0. The number of carboxylic acid groups (broad SMARTS) is 2. The van der Waals surface area contributed by atoms with E-state index in [1.807, 2.05) is 0 Å². The van der Waals surface area contributed by atoms with Gasteiger partial charge in [-0.2, -0.15) is 0 Å². The van der Waals surface area contributed by atoms with Gasteiger partial charge in [0.25, 0.3) is 0 Å². The Hall–Kier alpha value is -1.85. The van der Waals surface area contributed by atoms with E-state index >= 15 is 0 Å². The maximum atomic E-state index is 9.93. The molecule has 0 heterocycles. The molecule has 0 unspecified atom stereocenters. The van der Waals surface area contributed by atoms with Gasteiger partial charge in [-0.3, -0.25) is 0 Å². The smallest absolute Gasteiger partial charge is 0.374 e. The molecular weight excluding hydrogens is 154 g/mol. The van der Waals surface area contributed by atoms with E-state index in [1.54, 1.807) is 0 Å². The van der Waals surface area contributed by atoms with Crippen LogP contribution in [0.1, 0.15) is 0 Å². The molecule has 6 heteroatoms. The topological polar surface area (TPSA) is 96.2 Å². The quantitative estimate of drug-likeness (QED) is 0.253. The molecular formula is C5H5NO5. The first-order chi connectivity index (χ1) is 5.04. The van der Waals surface area contributed by atoms with Crippen molar-refractivity contribution in [3.8, 4) is 0 Å². The van der Waals surface area contributed by atoms with E-state index in [2.05, 4.69) is 16.6 Å². The second-order valence-electron chi connectivity index (χ2n) is 1.39. The molecule has 2 N–H and O–H groups in total. The average Bonchev–Trinajstić information content (AvgIpc) is 1.86. The minimum Gasteiger partial charge on any atom is -0.477 e. The lowest BCUT2D eigenvalue weighted by Gasteiger charge is -1.92. The second-order valence-corrected chi connectivity index (χ2v) is 1.39. The van der Waals surface area contributed by atoms with Crippen LogP contribution in [-0.4, -0.2) is 28.4 Å². The fraction of sp³-hybridized carbons (Fsp3) is 0. The van der Waals surface area contributed by atoms with Crippen LogP contribution in [-0.2, 0) is 14.4 Å². The molecule has 11 heavy (non-hydrogen) atoms. The van der Waals surface area contributed by atoms with Gasteiger partial charge in [0.15, 0.2) is 6.21 Å². The highest BCUT2D eigenvalue weighted by molar-refractivity contribution is 6.21. The van der Waals surface area contributed by atoms with Crippen LogP contribution in [0.4, 0.5) is 0 Å². The predicted molar refractivity (Wildman–Crippen MR) is 34.0 cm³/mol. The summed E-state index contributed by atoms with van der Waals surface area (Å²) >= 11 is 0. The van der Waals surface area contributed by atoms with Crippen molar-refractivity contribution in [3.05, 3.63) is 12.3 Å². The molecule has 0 radical (unpaired) electrons. The van der Waals surface area contributed by atoms with Gasteiger partial charge in [0.05, 0.1) is 0 Å². The first-order valence-electron chi connectivity index (χ1n) is 2.39. The van der Waals surface area contributed by atoms with Crippen LogP contribution in [0, 0.1) is 0 Å². The standard InChI is InChI=1S/C5H5NO5/c1-3(5(9)10)11-6-2-4(7)8/h2H,1H2,(H,7,8)(H,9,10). The summed E-state index contributed by atoms with van der Waals surface area (Å²) in [7, 11) is 0. The molecule has 0 atom stereocenters. The van der Waals surface area contributed by atoms with Crippen LogP contribution in [0.5, 0.6) is 0 Å². The van der Waals surface area contributed by atoms with Crippen molar-refractivity contribution in [2.75, 3.05) is 0 Å². The number of rotatable bonds is 4. The van der Waals surface area contributed by atoms with E-state index in [0.717, 1.165) is 0 Å². The van der Waals surface area contributed by atoms with Crippen LogP contribution in [0.2, 0.25) is 0 Å². The van der Waals surface area contributed by atoms with Crippen molar-refractivity contribution in [2.45, 2.75) is 0 Å². The molecule has 0 aromatic carbocycles. The molecule has 0 aliphatic heterocycles. The Bertz CT molecular complexity index is 219. The van der Waals surface area contributed by atoms with E-state index in [-0.39, 0.29) is 0 Å². The third-order valence-electron chi connectivity index (χ3n) is 0.565. The Labute approximate surface area is 61.4 Å². The molecule has 0 aliphatic rings. The summed E-state index contributed by atoms with van der Waals surface area (Å²) in [5.74, 6) is -3.36. The van der Waals surface area contributed by atoms with Gasteiger partial charge in [-0.15, -0.1) is 0 Å². The van der Waals surface area contributed by atoms with Crippen molar-refractivity contribution in [1.29, 1.82) is 0 Å². The molecule has 0 bridgehead atoms. The van der Waals surface area contributed by atoms with Crippen molar-refractivity contribution < 1.29 is 24.6 Å². The second kappa shape index (κ2) is 4.04. The molecule has 0 amide bonds. The molecule has 0 rings (SSSR count). The van der Waals surface area contributed by atoms with Gasteiger partial charge in [0.1, 0.15) is 0 Å². The molecule has 0 saturated heterocycles. The summed E-state index contributed by atoms with van der Waals surface area (Å²) in [6.07, 6.45) is 0.411. The number of nitrogens with zero attached hydrogens (tertiary/aromatic N) is 1. The van der Waals surface area contributed by atoms with E-state index in [0.29, 0.717) is 6.21 Å². The van der Waals surface area contributed by atoms with Gasteiger partial charge in [-0.25, -0.2) is 9.59 Å². The molecule has 6 nitrogen and oxygen atoms in total. The lowest BCUT2D eigenvalue weighted by molar-refractivity contribution is -0.137. The molecule has 0 fully saturated rings. The third-order valence-corrected chi connectivity index (χ3v) is 0.565. The Kier molecular flexibility index (Phi) is 3.36. The number of carbonyl (C=O) groups is 2. The van der Waals surface area contributed by atoms with Gasteiger partial charge < -0.3 is 15.1 Å². The zero-order valence-electron chi connectivity index (χ0n) is 5.35. The van der Waals surface area contributed by atoms with Crippen molar-refractivity contribution in [2.24, 2.45) is 5.16 Å². The molecule has 0 aliphatic carbocycles. The number of oxime groups is 1. The van der Waals surface area contributed by atoms with Gasteiger partial charge in [-0.05, 0) is 6.58 Å². The maximum Gasteiger partial charge on any atom is 0.374 e. The monoisotopic (exact) mass is 159 g/mol. The zero-order valence-corrected chi connectivity index (χ0v) is 5.35. The van der Waals surface area contributed by atoms with E-state index in [1.165, 1.54) is 0 Å². The molecule has 0 aromatic heterocycles. The van der Waals surface area contributed by atoms with Crippen LogP contribution < -0.4 is 0 Å². The van der Waals surface area contributed by atoms with Crippen molar-refractivity contribution >= 4 is 18.2 Å². The number of hydrogen-bond donors (Lipinski definition) is 2. The van der Waals surface area contributed by atoms with Crippen molar-refractivity contribution in [1.82, 2.24) is 0 Å². The van der Waals surface area contributed by atoms with Gasteiger partial charge in [0, 0.05) is 0 Å². The Morgan fingerprint density at radius 2 is 2.00 bits per heavy atom. The minimum atomic E-state index is -1.40. The van der Waals surface area contributed by atoms with Gasteiger partial charge in [-0.1, -0.05) is 5.16 Å². The summed E-state index contributed by atoms with van der Waals surface area (Å²) < 4.78 is 0. The van der Waals surface area contributed by atoms with Crippen LogP contribution in [0.3, 0.4) is 0 Å². The number of aliphatic carboxylic acids is 2. The Morgan fingerprint density at radius 3 is 2.36 bits per heavy atom. The largest absolute Gasteiger partial charge is 0.477 e. The molecule has 0 spiro atoms. The Morgan fingerprint density at radius 1 is 1.45 bits per heavy atom. The normalized spacial score (nSPS) is 9.45. The number of hydrogen-bond acceptors (Lipinski definition) is 4. The molecule has 0 saturated carbocycles. The van der Waals surface area contributed by atoms with Crippen LogP contribution in [0.25, 0.3) is 0 Å².